The summed E-state index contributed by atoms with van der Waals surface area (Å²) in [6.45, 7) is 9.85. The number of allylic oxidation sites excluding steroid dienone is 1. The van der Waals surface area contributed by atoms with Gasteiger partial charge in [-0.3, -0.25) is 19.2 Å². The van der Waals surface area contributed by atoms with Crippen LogP contribution in [0.5, 0.6) is 11.5 Å². The predicted octanol–water partition coefficient (Wildman–Crippen LogP) is 4.70. The Morgan fingerprint density at radius 2 is 1.16 bits per heavy atom. The fraction of sp³-hybridized carbons (Fsp3) is 0.457. The number of anilines is 2. The van der Waals surface area contributed by atoms with E-state index in [4.69, 9.17) is 14.2 Å². The van der Waals surface area contributed by atoms with Crippen molar-refractivity contribution in [3.63, 3.8) is 0 Å². The minimum absolute atomic E-state index is 0.0842. The van der Waals surface area contributed by atoms with Crippen LogP contribution in [0.4, 0.5) is 11.4 Å². The number of para-hydroxylation sites is 4. The Hall–Kier alpha value is -4.47. The Balaban J connectivity index is 1.51. The zero-order valence-electron chi connectivity index (χ0n) is 26.2. The van der Waals surface area contributed by atoms with Crippen LogP contribution in [0.1, 0.15) is 47.5 Å². The van der Waals surface area contributed by atoms with Crippen molar-refractivity contribution < 1.29 is 38.2 Å². The van der Waals surface area contributed by atoms with Crippen LogP contribution in [0.3, 0.4) is 0 Å². The van der Waals surface area contributed by atoms with Crippen LogP contribution >= 0.6 is 0 Å². The number of hydrogen-bond donors (Lipinski definition) is 0. The number of nitrogens with zero attached hydrogens (tertiary/aromatic N) is 2. The van der Waals surface area contributed by atoms with Crippen LogP contribution in [0.2, 0.25) is 0 Å². The molecule has 10 heteroatoms. The smallest absolute Gasteiger partial charge is 0.334 e. The van der Waals surface area contributed by atoms with Crippen LogP contribution < -0.4 is 19.3 Å². The van der Waals surface area contributed by atoms with Crippen molar-refractivity contribution in [3.05, 3.63) is 59.7 Å². The van der Waals surface area contributed by atoms with Crippen molar-refractivity contribution in [2.45, 2.75) is 47.5 Å². The van der Waals surface area contributed by atoms with Gasteiger partial charge in [0.2, 0.25) is 23.6 Å². The highest BCUT2D eigenvalue weighted by Crippen LogP contribution is 2.69. The molecule has 0 unspecified atom stereocenters. The Bertz CT molecular complexity index is 1530. The summed E-state index contributed by atoms with van der Waals surface area (Å²) in [4.78, 5) is 73.9. The van der Waals surface area contributed by atoms with Crippen LogP contribution in [-0.2, 0) is 28.7 Å². The molecule has 3 aliphatic carbocycles. The number of benzene rings is 2. The summed E-state index contributed by atoms with van der Waals surface area (Å²) in [7, 11) is 0. The predicted molar refractivity (Wildman–Crippen MR) is 164 cm³/mol. The van der Waals surface area contributed by atoms with Crippen molar-refractivity contribution in [1.82, 2.24) is 0 Å². The third kappa shape index (κ3) is 4.24. The molecule has 10 nitrogen and oxygen atoms in total. The maximum Gasteiger partial charge on any atom is 0.334 e. The van der Waals surface area contributed by atoms with Gasteiger partial charge in [-0.25, -0.2) is 14.6 Å². The van der Waals surface area contributed by atoms with E-state index in [0.717, 1.165) is 22.6 Å². The second-order valence-corrected chi connectivity index (χ2v) is 12.3. The Kier molecular flexibility index (Phi) is 7.79. The van der Waals surface area contributed by atoms with E-state index in [-0.39, 0.29) is 12.2 Å². The lowest BCUT2D eigenvalue weighted by Crippen LogP contribution is -2.61. The molecular weight excluding hydrogens is 576 g/mol. The second kappa shape index (κ2) is 11.5. The topological polar surface area (TPSA) is 120 Å². The van der Waals surface area contributed by atoms with Gasteiger partial charge in [0.05, 0.1) is 54.9 Å². The third-order valence-corrected chi connectivity index (χ3v) is 9.82. The van der Waals surface area contributed by atoms with E-state index >= 15 is 0 Å². The van der Waals surface area contributed by atoms with Gasteiger partial charge in [0.1, 0.15) is 11.5 Å². The zero-order valence-corrected chi connectivity index (χ0v) is 26.2. The third-order valence-electron chi connectivity index (χ3n) is 9.82. The normalized spacial score (nSPS) is 28.5. The molecule has 2 aliphatic heterocycles. The maximum absolute atomic E-state index is 14.6. The Labute approximate surface area is 262 Å². The number of ether oxygens (including phenoxy) is 3. The van der Waals surface area contributed by atoms with Gasteiger partial charge in [-0.15, -0.1) is 0 Å². The van der Waals surface area contributed by atoms with Gasteiger partial charge < -0.3 is 14.2 Å². The lowest BCUT2D eigenvalue weighted by atomic mass is 9.43. The standard InChI is InChI=1S/C35H38N2O8/c1-6-17-44-22-15-11-9-13-20(22)36-30(38)25-24-19(4)27(34(42)43-8-3)35(5,28(25)32(36)40)29-26(24)31(39)37(33(29)41)21-14-10-12-16-23(21)45-18-7-2/h9-16,24-26,28-29H,6-8,17-18H2,1-5H3/t24?,25-,26-,28-,29-,35?/m0/s1. The molecule has 5 aliphatic rings. The van der Waals surface area contributed by atoms with Gasteiger partial charge in [-0.05, 0) is 51.0 Å². The molecule has 2 heterocycles. The lowest BCUT2D eigenvalue weighted by molar-refractivity contribution is -0.155. The molecule has 4 amide bonds. The average Bonchev–Trinajstić information content (AvgIpc) is 3.45. The number of esters is 1. The molecule has 45 heavy (non-hydrogen) atoms. The fourth-order valence-electron chi connectivity index (χ4n) is 8.24. The summed E-state index contributed by atoms with van der Waals surface area (Å²) in [5.41, 5.74) is -0.174. The summed E-state index contributed by atoms with van der Waals surface area (Å²) in [5.74, 6) is -6.78. The number of rotatable bonds is 10. The average molecular weight is 615 g/mol. The molecule has 3 fully saturated rings. The van der Waals surface area contributed by atoms with Crippen molar-refractivity contribution in [2.24, 2.45) is 35.0 Å². The van der Waals surface area contributed by atoms with Crippen molar-refractivity contribution in [3.8, 4) is 11.5 Å². The molecule has 7 rings (SSSR count). The summed E-state index contributed by atoms with van der Waals surface area (Å²) in [5, 5.41) is 0. The van der Waals surface area contributed by atoms with Crippen LogP contribution in [-0.4, -0.2) is 49.4 Å². The summed E-state index contributed by atoms with van der Waals surface area (Å²) >= 11 is 0. The monoisotopic (exact) mass is 614 g/mol. The van der Waals surface area contributed by atoms with Crippen molar-refractivity contribution >= 4 is 41.0 Å². The number of carbonyl (C=O) groups excluding carboxylic acids is 5. The number of amides is 4. The number of carbonyl (C=O) groups is 5. The molecule has 0 aromatic heterocycles. The first-order chi connectivity index (χ1) is 21.6. The molecule has 236 valence electrons. The maximum atomic E-state index is 14.6. The van der Waals surface area contributed by atoms with E-state index < -0.39 is 64.6 Å². The molecule has 2 saturated heterocycles. The molecule has 0 spiro atoms. The molecular formula is C35H38N2O8. The first-order valence-corrected chi connectivity index (χ1v) is 15.7. The van der Waals surface area contributed by atoms with Gasteiger partial charge in [0.15, 0.2) is 0 Å². The molecule has 4 atom stereocenters. The molecule has 1 saturated carbocycles. The van der Waals surface area contributed by atoms with E-state index in [9.17, 15) is 24.0 Å². The van der Waals surface area contributed by atoms with Crippen LogP contribution in [0, 0.1) is 35.0 Å². The molecule has 2 aromatic rings. The fourth-order valence-corrected chi connectivity index (χ4v) is 8.24. The SMILES string of the molecule is CCCOc1ccccc1N1C(=O)[C@@H]2[C@@H](C1=O)C1C(C)=C(C(=O)OCC)C2(C)[C@@H]2C(=O)N(c3ccccc3OCCC)C(=O)[C@@H]12. The van der Waals surface area contributed by atoms with Gasteiger partial charge in [-0.2, -0.15) is 0 Å². The van der Waals surface area contributed by atoms with Crippen molar-refractivity contribution in [2.75, 3.05) is 29.6 Å². The quantitative estimate of drug-likeness (QED) is 0.279. The molecule has 0 radical (unpaired) electrons. The Morgan fingerprint density at radius 3 is 1.58 bits per heavy atom. The van der Waals surface area contributed by atoms with E-state index in [1.807, 2.05) is 13.8 Å². The van der Waals surface area contributed by atoms with Gasteiger partial charge >= 0.3 is 5.97 Å². The van der Waals surface area contributed by atoms with Crippen LogP contribution in [0.25, 0.3) is 0 Å². The van der Waals surface area contributed by atoms with Crippen LogP contribution in [0.15, 0.2) is 59.7 Å². The summed E-state index contributed by atoms with van der Waals surface area (Å²) < 4.78 is 17.3. The molecule has 0 N–H and O–H groups in total. The first-order valence-electron chi connectivity index (χ1n) is 15.7. The Morgan fingerprint density at radius 1 is 0.711 bits per heavy atom. The lowest BCUT2D eigenvalue weighted by Gasteiger charge is -2.55. The van der Waals surface area contributed by atoms with Gasteiger partial charge in [0.25, 0.3) is 0 Å². The second-order valence-electron chi connectivity index (χ2n) is 12.3. The summed E-state index contributed by atoms with van der Waals surface area (Å²) in [6, 6.07) is 13.7. The van der Waals surface area contributed by atoms with E-state index in [2.05, 4.69) is 0 Å². The highest BCUT2D eigenvalue weighted by Gasteiger charge is 2.77. The first kappa shape index (κ1) is 30.6. The van der Waals surface area contributed by atoms with Gasteiger partial charge in [-0.1, -0.05) is 50.6 Å². The minimum Gasteiger partial charge on any atom is -0.491 e. The van der Waals surface area contributed by atoms with E-state index in [1.54, 1.807) is 69.3 Å². The van der Waals surface area contributed by atoms with Gasteiger partial charge in [0, 0.05) is 16.9 Å². The number of imide groups is 2. The van der Waals surface area contributed by atoms with E-state index in [1.165, 1.54) is 0 Å². The largest absolute Gasteiger partial charge is 0.491 e. The summed E-state index contributed by atoms with van der Waals surface area (Å²) in [6.07, 6.45) is 1.45. The minimum atomic E-state index is -1.50. The van der Waals surface area contributed by atoms with E-state index in [0.29, 0.717) is 41.7 Å². The number of hydrogen-bond acceptors (Lipinski definition) is 8. The molecule has 2 aromatic carbocycles. The zero-order chi connectivity index (χ0) is 32.2. The highest BCUT2D eigenvalue weighted by atomic mass is 16.5. The van der Waals surface area contributed by atoms with Crippen molar-refractivity contribution in [1.29, 1.82) is 0 Å². The molecule has 2 bridgehead atoms. The highest BCUT2D eigenvalue weighted by molar-refractivity contribution is 6.28.